The van der Waals surface area contributed by atoms with Crippen molar-refractivity contribution in [3.05, 3.63) is 0 Å². The molecule has 1 heterocycles. The molecule has 112 valence electrons. The lowest BCUT2D eigenvalue weighted by Crippen LogP contribution is -2.46. The number of carbonyl (C=O) groups is 4. The predicted molar refractivity (Wildman–Crippen MR) is 65.8 cm³/mol. The summed E-state index contributed by atoms with van der Waals surface area (Å²) in [6.45, 7) is -0.801. The molecule has 0 aliphatic carbocycles. The molecule has 1 N–H and O–H groups in total. The van der Waals surface area contributed by atoms with E-state index in [9.17, 15) is 19.2 Å². The van der Waals surface area contributed by atoms with Gasteiger partial charge in [-0.3, -0.25) is 19.3 Å². The van der Waals surface area contributed by atoms with Crippen molar-refractivity contribution in [1.82, 2.24) is 14.7 Å². The summed E-state index contributed by atoms with van der Waals surface area (Å²) in [5.41, 5.74) is 0. The zero-order valence-corrected chi connectivity index (χ0v) is 11.4. The van der Waals surface area contributed by atoms with Gasteiger partial charge in [0.25, 0.3) is 5.91 Å². The normalized spacial score (nSPS) is 14.9. The van der Waals surface area contributed by atoms with E-state index in [0.717, 1.165) is 9.80 Å². The van der Waals surface area contributed by atoms with E-state index in [1.54, 1.807) is 0 Å². The Morgan fingerprint density at radius 1 is 1.40 bits per heavy atom. The Hall–Kier alpha value is -2.16. The standard InChI is InChI=1S/C11H17N3O6/c1-12-5-9(16)14(11(12)19)6-8(15)13(3-4-20-2)7-10(17)18/h3-7H2,1-2H3,(H,17,18). The fraction of sp³-hybridized carbons (Fsp3) is 0.636. The first-order valence-electron chi connectivity index (χ1n) is 5.90. The zero-order chi connectivity index (χ0) is 15.3. The largest absolute Gasteiger partial charge is 0.480 e. The Balaban J connectivity index is 2.67. The number of nitrogens with zero attached hydrogens (tertiary/aromatic N) is 3. The van der Waals surface area contributed by atoms with Gasteiger partial charge in [-0.05, 0) is 0 Å². The maximum atomic E-state index is 12.0. The van der Waals surface area contributed by atoms with Gasteiger partial charge in [-0.15, -0.1) is 0 Å². The molecule has 0 radical (unpaired) electrons. The molecule has 1 rings (SSSR count). The van der Waals surface area contributed by atoms with Gasteiger partial charge in [-0.25, -0.2) is 4.79 Å². The second kappa shape index (κ2) is 6.85. The van der Waals surface area contributed by atoms with Gasteiger partial charge in [-0.2, -0.15) is 0 Å². The first-order chi connectivity index (χ1) is 9.36. The van der Waals surface area contributed by atoms with Gasteiger partial charge in [-0.1, -0.05) is 0 Å². The summed E-state index contributed by atoms with van der Waals surface area (Å²) in [4.78, 5) is 48.9. The fourth-order valence-corrected chi connectivity index (χ4v) is 1.72. The molecule has 0 aromatic rings. The van der Waals surface area contributed by atoms with Crippen LogP contribution in [-0.4, -0.2) is 90.6 Å². The maximum Gasteiger partial charge on any atom is 0.327 e. The number of ether oxygens (including phenoxy) is 1. The van der Waals surface area contributed by atoms with E-state index >= 15 is 0 Å². The lowest BCUT2D eigenvalue weighted by Gasteiger charge is -2.22. The minimum absolute atomic E-state index is 0.0771. The first-order valence-corrected chi connectivity index (χ1v) is 5.90. The molecule has 1 fully saturated rings. The molecule has 0 saturated carbocycles. The SMILES string of the molecule is COCCN(CC(=O)O)C(=O)CN1C(=O)CN(C)C1=O. The van der Waals surface area contributed by atoms with E-state index in [1.165, 1.54) is 19.1 Å². The van der Waals surface area contributed by atoms with Crippen molar-refractivity contribution in [3.8, 4) is 0 Å². The van der Waals surface area contributed by atoms with Gasteiger partial charge in [0.15, 0.2) is 0 Å². The first kappa shape index (κ1) is 15.9. The van der Waals surface area contributed by atoms with Crippen LogP contribution in [0.5, 0.6) is 0 Å². The number of urea groups is 1. The summed E-state index contributed by atoms with van der Waals surface area (Å²) >= 11 is 0. The zero-order valence-electron chi connectivity index (χ0n) is 11.4. The monoisotopic (exact) mass is 287 g/mol. The minimum Gasteiger partial charge on any atom is -0.480 e. The number of aliphatic carboxylic acids is 1. The van der Waals surface area contributed by atoms with E-state index in [0.29, 0.717) is 0 Å². The molecule has 20 heavy (non-hydrogen) atoms. The molecule has 0 bridgehead atoms. The summed E-state index contributed by atoms with van der Waals surface area (Å²) in [7, 11) is 2.87. The van der Waals surface area contributed by atoms with Crippen LogP contribution in [0.4, 0.5) is 4.79 Å². The average molecular weight is 287 g/mol. The van der Waals surface area contributed by atoms with Crippen LogP contribution >= 0.6 is 0 Å². The second-order valence-electron chi connectivity index (χ2n) is 4.32. The summed E-state index contributed by atoms with van der Waals surface area (Å²) in [6, 6.07) is -0.564. The third kappa shape index (κ3) is 3.92. The van der Waals surface area contributed by atoms with Crippen LogP contribution in [0.3, 0.4) is 0 Å². The average Bonchev–Trinajstić information content (AvgIpc) is 2.60. The van der Waals surface area contributed by atoms with Crippen LogP contribution in [0.2, 0.25) is 0 Å². The smallest absolute Gasteiger partial charge is 0.327 e. The van der Waals surface area contributed by atoms with E-state index in [4.69, 9.17) is 9.84 Å². The number of rotatable bonds is 7. The van der Waals surface area contributed by atoms with Crippen LogP contribution in [0.25, 0.3) is 0 Å². The van der Waals surface area contributed by atoms with Crippen molar-refractivity contribution in [2.45, 2.75) is 0 Å². The Morgan fingerprint density at radius 3 is 2.50 bits per heavy atom. The fourth-order valence-electron chi connectivity index (χ4n) is 1.72. The van der Waals surface area contributed by atoms with Gasteiger partial charge in [0.2, 0.25) is 5.91 Å². The van der Waals surface area contributed by atoms with E-state index in [1.807, 2.05) is 0 Å². The molecule has 0 atom stereocenters. The highest BCUT2D eigenvalue weighted by Gasteiger charge is 2.35. The van der Waals surface area contributed by atoms with E-state index in [-0.39, 0.29) is 19.7 Å². The lowest BCUT2D eigenvalue weighted by molar-refractivity contribution is -0.145. The number of carboxylic acids is 1. The highest BCUT2D eigenvalue weighted by molar-refractivity contribution is 6.04. The summed E-state index contributed by atoms with van der Waals surface area (Å²) < 4.78 is 4.79. The van der Waals surface area contributed by atoms with Crippen molar-refractivity contribution in [2.24, 2.45) is 0 Å². The number of hydrogen-bond donors (Lipinski definition) is 1. The quantitative estimate of drug-likeness (QED) is 0.567. The molecule has 1 saturated heterocycles. The van der Waals surface area contributed by atoms with Crippen LogP contribution in [0, 0.1) is 0 Å². The summed E-state index contributed by atoms with van der Waals surface area (Å²) in [6.07, 6.45) is 0. The highest BCUT2D eigenvalue weighted by Crippen LogP contribution is 2.08. The number of amides is 4. The number of hydrogen-bond acceptors (Lipinski definition) is 5. The highest BCUT2D eigenvalue weighted by atomic mass is 16.5. The van der Waals surface area contributed by atoms with Gasteiger partial charge >= 0.3 is 12.0 Å². The topological polar surface area (TPSA) is 107 Å². The van der Waals surface area contributed by atoms with Crippen LogP contribution in [0.1, 0.15) is 0 Å². The minimum atomic E-state index is -1.18. The summed E-state index contributed by atoms with van der Waals surface area (Å²) in [5.74, 6) is -2.26. The van der Waals surface area contributed by atoms with Crippen molar-refractivity contribution >= 4 is 23.8 Å². The predicted octanol–water partition coefficient (Wildman–Crippen LogP) is -1.56. The van der Waals surface area contributed by atoms with E-state index < -0.39 is 36.9 Å². The van der Waals surface area contributed by atoms with Crippen LogP contribution in [0.15, 0.2) is 0 Å². The van der Waals surface area contributed by atoms with Crippen molar-refractivity contribution < 1.29 is 29.0 Å². The number of methoxy groups -OCH3 is 1. The Labute approximate surface area is 115 Å². The number of carbonyl (C=O) groups excluding carboxylic acids is 3. The van der Waals surface area contributed by atoms with Gasteiger partial charge in [0.1, 0.15) is 19.6 Å². The molecule has 0 unspecified atom stereocenters. The van der Waals surface area contributed by atoms with Crippen molar-refractivity contribution in [3.63, 3.8) is 0 Å². The van der Waals surface area contributed by atoms with E-state index in [2.05, 4.69) is 0 Å². The molecule has 0 aromatic carbocycles. The summed E-state index contributed by atoms with van der Waals surface area (Å²) in [5, 5.41) is 8.75. The third-order valence-corrected chi connectivity index (χ3v) is 2.77. The molecule has 1 aliphatic heterocycles. The molecule has 1 aliphatic rings. The third-order valence-electron chi connectivity index (χ3n) is 2.77. The molecule has 4 amide bonds. The second-order valence-corrected chi connectivity index (χ2v) is 4.32. The maximum absolute atomic E-state index is 12.0. The molecule has 0 spiro atoms. The molecular weight excluding hydrogens is 270 g/mol. The van der Waals surface area contributed by atoms with Crippen LogP contribution < -0.4 is 0 Å². The van der Waals surface area contributed by atoms with Crippen LogP contribution in [-0.2, 0) is 19.1 Å². The Morgan fingerprint density at radius 2 is 2.05 bits per heavy atom. The molecule has 9 nitrogen and oxygen atoms in total. The number of likely N-dealkylation sites (N-methyl/N-ethyl adjacent to an activating group) is 1. The van der Waals surface area contributed by atoms with Gasteiger partial charge in [0.05, 0.1) is 6.61 Å². The number of carboxylic acid groups (broad SMARTS) is 1. The van der Waals surface area contributed by atoms with Crippen molar-refractivity contribution in [1.29, 1.82) is 0 Å². The Kier molecular flexibility index (Phi) is 5.44. The molecule has 9 heteroatoms. The molecule has 0 aromatic heterocycles. The van der Waals surface area contributed by atoms with Gasteiger partial charge < -0.3 is 19.6 Å². The van der Waals surface area contributed by atoms with Gasteiger partial charge in [0, 0.05) is 20.7 Å². The Bertz CT molecular complexity index is 424. The molecular formula is C11H17N3O6. The van der Waals surface area contributed by atoms with Crippen molar-refractivity contribution in [2.75, 3.05) is 46.9 Å². The number of imide groups is 1. The lowest BCUT2D eigenvalue weighted by atomic mass is 10.4.